The lowest BCUT2D eigenvalue weighted by Gasteiger charge is -2.24. The lowest BCUT2D eigenvalue weighted by atomic mass is 9.96. The van der Waals surface area contributed by atoms with Gasteiger partial charge in [-0.15, -0.1) is 0 Å². The average molecular weight is 297 g/mol. The Morgan fingerprint density at radius 3 is 2.68 bits per heavy atom. The molecule has 5 heteroatoms. The van der Waals surface area contributed by atoms with Crippen molar-refractivity contribution in [2.45, 2.75) is 12.5 Å². The zero-order valence-electron chi connectivity index (χ0n) is 12.1. The minimum atomic E-state index is -1.06. The number of hydrogen-bond acceptors (Lipinski definition) is 4. The maximum Gasteiger partial charge on any atom is 0.137 e. The molecule has 2 aromatic carbocycles. The molecule has 1 atom stereocenters. The molecule has 0 aliphatic carbocycles. The SMILES string of the molecule is C[C@@](O)(CNc1ncnc2ccc(F)cc12)c1ccccc1. The molecular formula is C17H16FN3O. The Hall–Kier alpha value is -2.53. The van der Waals surface area contributed by atoms with Gasteiger partial charge in [-0.2, -0.15) is 0 Å². The second-order valence-corrected chi connectivity index (χ2v) is 5.38. The zero-order valence-corrected chi connectivity index (χ0v) is 12.1. The van der Waals surface area contributed by atoms with Gasteiger partial charge in [0.15, 0.2) is 0 Å². The number of benzene rings is 2. The second kappa shape index (κ2) is 5.69. The molecule has 0 spiro atoms. The molecule has 0 saturated carbocycles. The van der Waals surface area contributed by atoms with Crippen LogP contribution in [-0.2, 0) is 5.60 Å². The quantitative estimate of drug-likeness (QED) is 0.777. The first-order valence-corrected chi connectivity index (χ1v) is 6.98. The number of nitrogens with one attached hydrogen (secondary N) is 1. The van der Waals surface area contributed by atoms with Gasteiger partial charge < -0.3 is 10.4 Å². The van der Waals surface area contributed by atoms with Crippen molar-refractivity contribution in [1.29, 1.82) is 0 Å². The fraction of sp³-hybridized carbons (Fsp3) is 0.176. The van der Waals surface area contributed by atoms with Crippen molar-refractivity contribution in [2.24, 2.45) is 0 Å². The van der Waals surface area contributed by atoms with Crippen LogP contribution in [0.4, 0.5) is 10.2 Å². The molecule has 0 saturated heterocycles. The molecule has 0 radical (unpaired) electrons. The van der Waals surface area contributed by atoms with Crippen LogP contribution in [0.25, 0.3) is 10.9 Å². The third kappa shape index (κ3) is 2.89. The summed E-state index contributed by atoms with van der Waals surface area (Å²) < 4.78 is 13.4. The molecule has 4 nitrogen and oxygen atoms in total. The molecular weight excluding hydrogens is 281 g/mol. The van der Waals surface area contributed by atoms with E-state index >= 15 is 0 Å². The van der Waals surface area contributed by atoms with Crippen LogP contribution in [0.2, 0.25) is 0 Å². The third-order valence-electron chi connectivity index (χ3n) is 3.59. The molecule has 0 aliphatic rings. The Kier molecular flexibility index (Phi) is 3.73. The number of aliphatic hydroxyl groups is 1. The van der Waals surface area contributed by atoms with E-state index in [1.807, 2.05) is 30.3 Å². The Bertz CT molecular complexity index is 790. The van der Waals surface area contributed by atoms with Crippen molar-refractivity contribution in [3.05, 3.63) is 66.2 Å². The summed E-state index contributed by atoms with van der Waals surface area (Å²) in [6.45, 7) is 1.97. The van der Waals surface area contributed by atoms with Crippen LogP contribution in [0.1, 0.15) is 12.5 Å². The normalized spacial score (nSPS) is 13.8. The summed E-state index contributed by atoms with van der Waals surface area (Å²) in [6.07, 6.45) is 1.42. The zero-order chi connectivity index (χ0) is 15.6. The van der Waals surface area contributed by atoms with Crippen LogP contribution >= 0.6 is 0 Å². The van der Waals surface area contributed by atoms with E-state index in [1.54, 1.807) is 13.0 Å². The van der Waals surface area contributed by atoms with Crippen molar-refractivity contribution < 1.29 is 9.50 Å². The van der Waals surface area contributed by atoms with E-state index in [0.29, 0.717) is 16.7 Å². The summed E-state index contributed by atoms with van der Waals surface area (Å²) in [5.41, 5.74) is 0.386. The summed E-state index contributed by atoms with van der Waals surface area (Å²) in [5, 5.41) is 14.3. The predicted octanol–water partition coefficient (Wildman–Crippen LogP) is 3.09. The van der Waals surface area contributed by atoms with Crippen molar-refractivity contribution in [3.8, 4) is 0 Å². The topological polar surface area (TPSA) is 58.0 Å². The van der Waals surface area contributed by atoms with Gasteiger partial charge in [-0.3, -0.25) is 0 Å². The van der Waals surface area contributed by atoms with Crippen LogP contribution in [0, 0.1) is 5.82 Å². The molecule has 0 amide bonds. The molecule has 112 valence electrons. The Balaban J connectivity index is 1.86. The smallest absolute Gasteiger partial charge is 0.137 e. The molecule has 2 N–H and O–H groups in total. The fourth-order valence-corrected chi connectivity index (χ4v) is 2.32. The van der Waals surface area contributed by atoms with E-state index in [4.69, 9.17) is 0 Å². The summed E-state index contributed by atoms with van der Waals surface area (Å²) in [6, 6.07) is 13.7. The first-order valence-electron chi connectivity index (χ1n) is 6.98. The number of hydrogen-bond donors (Lipinski definition) is 2. The van der Waals surface area contributed by atoms with E-state index < -0.39 is 5.60 Å². The number of halogens is 1. The number of rotatable bonds is 4. The first-order chi connectivity index (χ1) is 10.6. The van der Waals surface area contributed by atoms with E-state index in [-0.39, 0.29) is 12.4 Å². The lowest BCUT2D eigenvalue weighted by molar-refractivity contribution is 0.0715. The van der Waals surface area contributed by atoms with Gasteiger partial charge in [0.05, 0.1) is 5.52 Å². The van der Waals surface area contributed by atoms with Gasteiger partial charge in [-0.25, -0.2) is 14.4 Å². The standard InChI is InChI=1S/C17H16FN3O/c1-17(22,12-5-3-2-4-6-12)10-19-16-14-9-13(18)7-8-15(14)20-11-21-16/h2-9,11,22H,10H2,1H3,(H,19,20,21)/t17-/m1/s1. The van der Waals surface area contributed by atoms with Gasteiger partial charge in [0.2, 0.25) is 0 Å². The monoisotopic (exact) mass is 297 g/mol. The molecule has 1 heterocycles. The Morgan fingerprint density at radius 2 is 1.91 bits per heavy atom. The van der Waals surface area contributed by atoms with Gasteiger partial charge in [0.1, 0.15) is 23.6 Å². The van der Waals surface area contributed by atoms with E-state index in [1.165, 1.54) is 18.5 Å². The summed E-state index contributed by atoms with van der Waals surface area (Å²) in [4.78, 5) is 8.25. The Labute approximate surface area is 127 Å². The molecule has 3 aromatic rings. The van der Waals surface area contributed by atoms with Crippen LogP contribution < -0.4 is 5.32 Å². The third-order valence-corrected chi connectivity index (χ3v) is 3.59. The van der Waals surface area contributed by atoms with Gasteiger partial charge in [0, 0.05) is 11.9 Å². The van der Waals surface area contributed by atoms with Gasteiger partial charge >= 0.3 is 0 Å². The maximum atomic E-state index is 13.4. The number of fused-ring (bicyclic) bond motifs is 1. The number of nitrogens with zero attached hydrogens (tertiary/aromatic N) is 2. The molecule has 0 aliphatic heterocycles. The van der Waals surface area contributed by atoms with Crippen molar-refractivity contribution in [1.82, 2.24) is 9.97 Å². The maximum absolute atomic E-state index is 13.4. The predicted molar refractivity (Wildman–Crippen MR) is 84.0 cm³/mol. The Morgan fingerprint density at radius 1 is 1.14 bits per heavy atom. The average Bonchev–Trinajstić information content (AvgIpc) is 2.54. The number of aromatic nitrogens is 2. The summed E-state index contributed by atoms with van der Waals surface area (Å²) in [7, 11) is 0. The molecule has 0 bridgehead atoms. The highest BCUT2D eigenvalue weighted by molar-refractivity contribution is 5.88. The second-order valence-electron chi connectivity index (χ2n) is 5.38. The molecule has 0 unspecified atom stereocenters. The van der Waals surface area contributed by atoms with Gasteiger partial charge in [-0.05, 0) is 30.7 Å². The highest BCUT2D eigenvalue weighted by Gasteiger charge is 2.23. The molecule has 22 heavy (non-hydrogen) atoms. The van der Waals surface area contributed by atoms with Gasteiger partial charge in [0.25, 0.3) is 0 Å². The van der Waals surface area contributed by atoms with Crippen LogP contribution in [-0.4, -0.2) is 21.6 Å². The van der Waals surface area contributed by atoms with Gasteiger partial charge in [-0.1, -0.05) is 30.3 Å². The fourth-order valence-electron chi connectivity index (χ4n) is 2.32. The minimum absolute atomic E-state index is 0.250. The first kappa shape index (κ1) is 14.4. The molecule has 0 fully saturated rings. The van der Waals surface area contributed by atoms with Crippen molar-refractivity contribution in [2.75, 3.05) is 11.9 Å². The van der Waals surface area contributed by atoms with E-state index in [0.717, 1.165) is 5.56 Å². The van der Waals surface area contributed by atoms with Crippen molar-refractivity contribution >= 4 is 16.7 Å². The number of anilines is 1. The van der Waals surface area contributed by atoms with E-state index in [2.05, 4.69) is 15.3 Å². The molecule has 1 aromatic heterocycles. The molecule has 3 rings (SSSR count). The largest absolute Gasteiger partial charge is 0.384 e. The van der Waals surface area contributed by atoms with Crippen molar-refractivity contribution in [3.63, 3.8) is 0 Å². The minimum Gasteiger partial charge on any atom is -0.384 e. The van der Waals surface area contributed by atoms with Crippen LogP contribution in [0.15, 0.2) is 54.9 Å². The van der Waals surface area contributed by atoms with E-state index in [9.17, 15) is 9.50 Å². The highest BCUT2D eigenvalue weighted by Crippen LogP contribution is 2.24. The lowest BCUT2D eigenvalue weighted by Crippen LogP contribution is -2.31. The highest BCUT2D eigenvalue weighted by atomic mass is 19.1. The summed E-state index contributed by atoms with van der Waals surface area (Å²) in [5.74, 6) is 0.154. The summed E-state index contributed by atoms with van der Waals surface area (Å²) >= 11 is 0. The van der Waals surface area contributed by atoms with Crippen LogP contribution in [0.5, 0.6) is 0 Å². The van der Waals surface area contributed by atoms with Crippen LogP contribution in [0.3, 0.4) is 0 Å².